The van der Waals surface area contributed by atoms with E-state index < -0.39 is 24.3 Å². The van der Waals surface area contributed by atoms with E-state index in [0.29, 0.717) is 17.7 Å². The highest BCUT2D eigenvalue weighted by Crippen LogP contribution is 2.31. The predicted molar refractivity (Wildman–Crippen MR) is 96.6 cm³/mol. The monoisotopic (exact) mass is 376 g/mol. The summed E-state index contributed by atoms with van der Waals surface area (Å²) < 4.78 is 61.2. The normalized spacial score (nSPS) is 11.4. The van der Waals surface area contributed by atoms with Crippen molar-refractivity contribution in [2.45, 2.75) is 6.18 Å². The molecule has 3 aromatic carbocycles. The van der Waals surface area contributed by atoms with Gasteiger partial charge in [-0.15, -0.1) is 0 Å². The van der Waals surface area contributed by atoms with Crippen LogP contribution < -0.4 is 9.47 Å². The van der Waals surface area contributed by atoms with Crippen molar-refractivity contribution in [2.24, 2.45) is 0 Å². The van der Waals surface area contributed by atoms with Crippen molar-refractivity contribution in [3.63, 3.8) is 0 Å². The lowest BCUT2D eigenvalue weighted by Crippen LogP contribution is -2.19. The Balaban J connectivity index is 1.86. The lowest BCUT2D eigenvalue weighted by Gasteiger charge is -2.12. The minimum Gasteiger partial charge on any atom is -0.490 e. The first-order valence-corrected chi connectivity index (χ1v) is 8.13. The quantitative estimate of drug-likeness (QED) is 0.379. The zero-order valence-electron chi connectivity index (χ0n) is 14.2. The molecule has 0 aliphatic rings. The fourth-order valence-electron chi connectivity index (χ4n) is 2.62. The summed E-state index contributed by atoms with van der Waals surface area (Å²) in [5.74, 6) is -0.523. The molecule has 0 saturated carbocycles. The second kappa shape index (κ2) is 7.70. The molecule has 0 aliphatic carbocycles. The number of benzene rings is 3. The number of rotatable bonds is 6. The lowest BCUT2D eigenvalue weighted by atomic mass is 10.0. The summed E-state index contributed by atoms with van der Waals surface area (Å²) in [6, 6.07) is 15.1. The summed E-state index contributed by atoms with van der Waals surface area (Å²) in [5.41, 5.74) is 1.75. The van der Waals surface area contributed by atoms with Crippen LogP contribution in [0.3, 0.4) is 0 Å². The average molecular weight is 376 g/mol. The van der Waals surface area contributed by atoms with E-state index in [2.05, 4.69) is 11.3 Å². The lowest BCUT2D eigenvalue weighted by molar-refractivity contribution is -0.153. The van der Waals surface area contributed by atoms with Gasteiger partial charge >= 0.3 is 6.18 Å². The molecule has 0 unspecified atom stereocenters. The van der Waals surface area contributed by atoms with Gasteiger partial charge in [0.1, 0.15) is 12.4 Å². The number of hydrogen-bond donors (Lipinski definition) is 0. The highest BCUT2D eigenvalue weighted by atomic mass is 19.4. The van der Waals surface area contributed by atoms with Crippen molar-refractivity contribution in [1.82, 2.24) is 0 Å². The number of ether oxygens (including phenoxy) is 2. The maximum Gasteiger partial charge on any atom is 0.422 e. The van der Waals surface area contributed by atoms with E-state index in [1.54, 1.807) is 18.2 Å². The Morgan fingerprint density at radius 2 is 1.59 bits per heavy atom. The summed E-state index contributed by atoms with van der Waals surface area (Å²) in [6.07, 6.45) is -2.87. The molecule has 3 rings (SSSR count). The Kier molecular flexibility index (Phi) is 5.35. The van der Waals surface area contributed by atoms with E-state index in [4.69, 9.17) is 4.74 Å². The SMILES string of the molecule is C=CCOc1ccc(-c2ccc3c(F)c(OCC(F)(F)F)ccc3c2)cc1. The molecule has 0 radical (unpaired) electrons. The third-order valence-corrected chi connectivity index (χ3v) is 3.87. The van der Waals surface area contributed by atoms with Crippen LogP contribution >= 0.6 is 0 Å². The van der Waals surface area contributed by atoms with Crippen LogP contribution in [0.25, 0.3) is 21.9 Å². The standard InChI is InChI=1S/C21H16F4O2/c1-2-11-26-17-7-3-14(4-8-17)15-5-9-18-16(12-15)6-10-19(20(18)22)27-13-21(23,24)25/h2-10,12H,1,11,13H2. The van der Waals surface area contributed by atoms with Crippen LogP contribution in [-0.4, -0.2) is 19.4 Å². The minimum atomic E-state index is -4.52. The van der Waals surface area contributed by atoms with Crippen molar-refractivity contribution < 1.29 is 27.0 Å². The van der Waals surface area contributed by atoms with Crippen LogP contribution in [0.2, 0.25) is 0 Å². The van der Waals surface area contributed by atoms with Gasteiger partial charge in [0, 0.05) is 5.39 Å². The fraction of sp³-hybridized carbons (Fsp3) is 0.143. The van der Waals surface area contributed by atoms with Crippen LogP contribution in [0.1, 0.15) is 0 Å². The Hall–Kier alpha value is -3.02. The van der Waals surface area contributed by atoms with E-state index in [1.165, 1.54) is 18.2 Å². The van der Waals surface area contributed by atoms with Gasteiger partial charge in [0.2, 0.25) is 0 Å². The van der Waals surface area contributed by atoms with Gasteiger partial charge in [-0.2, -0.15) is 13.2 Å². The van der Waals surface area contributed by atoms with E-state index in [0.717, 1.165) is 11.1 Å². The molecule has 0 bridgehead atoms. The molecule has 0 spiro atoms. The van der Waals surface area contributed by atoms with E-state index in [-0.39, 0.29) is 5.39 Å². The third-order valence-electron chi connectivity index (χ3n) is 3.87. The highest BCUT2D eigenvalue weighted by molar-refractivity contribution is 5.89. The number of halogens is 4. The third kappa shape index (κ3) is 4.58. The van der Waals surface area contributed by atoms with Crippen molar-refractivity contribution in [3.05, 3.63) is 73.1 Å². The Morgan fingerprint density at radius 3 is 2.26 bits per heavy atom. The van der Waals surface area contributed by atoms with Crippen LogP contribution in [-0.2, 0) is 0 Å². The minimum absolute atomic E-state index is 0.198. The predicted octanol–water partition coefficient (Wildman–Crippen LogP) is 6.15. The molecular formula is C21H16F4O2. The Bertz CT molecular complexity index is 947. The van der Waals surface area contributed by atoms with Crippen molar-refractivity contribution in [2.75, 3.05) is 13.2 Å². The second-order valence-corrected chi connectivity index (χ2v) is 5.84. The van der Waals surface area contributed by atoms with Gasteiger partial charge in [-0.1, -0.05) is 43.0 Å². The summed E-state index contributed by atoms with van der Waals surface area (Å²) in [4.78, 5) is 0. The number of hydrogen-bond acceptors (Lipinski definition) is 2. The maximum atomic E-state index is 14.4. The molecule has 0 aliphatic heterocycles. The van der Waals surface area contributed by atoms with Crippen molar-refractivity contribution in [3.8, 4) is 22.6 Å². The van der Waals surface area contributed by atoms with Crippen molar-refractivity contribution >= 4 is 10.8 Å². The molecule has 0 saturated heterocycles. The smallest absolute Gasteiger partial charge is 0.422 e. The van der Waals surface area contributed by atoms with Gasteiger partial charge in [-0.25, -0.2) is 4.39 Å². The molecule has 27 heavy (non-hydrogen) atoms. The number of fused-ring (bicyclic) bond motifs is 1. The van der Waals surface area contributed by atoms with Gasteiger partial charge < -0.3 is 9.47 Å². The Morgan fingerprint density at radius 1 is 0.889 bits per heavy atom. The highest BCUT2D eigenvalue weighted by Gasteiger charge is 2.29. The zero-order chi connectivity index (χ0) is 19.4. The molecule has 0 heterocycles. The maximum absolute atomic E-state index is 14.4. The molecule has 0 atom stereocenters. The first-order chi connectivity index (χ1) is 12.9. The van der Waals surface area contributed by atoms with E-state index >= 15 is 0 Å². The van der Waals surface area contributed by atoms with E-state index in [1.807, 2.05) is 24.3 Å². The molecule has 0 N–H and O–H groups in total. The molecule has 0 amide bonds. The second-order valence-electron chi connectivity index (χ2n) is 5.84. The zero-order valence-corrected chi connectivity index (χ0v) is 14.2. The molecule has 3 aromatic rings. The average Bonchev–Trinajstić information content (AvgIpc) is 2.65. The molecule has 140 valence electrons. The summed E-state index contributed by atoms with van der Waals surface area (Å²) in [6.45, 7) is 2.46. The molecule has 0 fully saturated rings. The van der Waals surface area contributed by atoms with Gasteiger partial charge in [0.25, 0.3) is 0 Å². The fourth-order valence-corrected chi connectivity index (χ4v) is 2.62. The van der Waals surface area contributed by atoms with E-state index in [9.17, 15) is 17.6 Å². The van der Waals surface area contributed by atoms with Gasteiger partial charge in [0.15, 0.2) is 18.2 Å². The molecule has 6 heteroatoms. The van der Waals surface area contributed by atoms with Gasteiger partial charge in [0.05, 0.1) is 0 Å². The van der Waals surface area contributed by atoms with Gasteiger partial charge in [-0.05, 0) is 40.8 Å². The molecular weight excluding hydrogens is 360 g/mol. The summed E-state index contributed by atoms with van der Waals surface area (Å²) >= 11 is 0. The molecule has 2 nitrogen and oxygen atoms in total. The van der Waals surface area contributed by atoms with Crippen LogP contribution in [0.5, 0.6) is 11.5 Å². The topological polar surface area (TPSA) is 18.5 Å². The first-order valence-electron chi connectivity index (χ1n) is 8.13. The summed E-state index contributed by atoms with van der Waals surface area (Å²) in [5, 5.41) is 0.765. The Labute approximate surface area is 153 Å². The number of alkyl halides is 3. The van der Waals surface area contributed by atoms with Crippen LogP contribution in [0, 0.1) is 5.82 Å². The van der Waals surface area contributed by atoms with Crippen LogP contribution in [0.15, 0.2) is 67.3 Å². The molecule has 0 aromatic heterocycles. The van der Waals surface area contributed by atoms with Crippen molar-refractivity contribution in [1.29, 1.82) is 0 Å². The van der Waals surface area contributed by atoms with Crippen LogP contribution in [0.4, 0.5) is 17.6 Å². The first kappa shape index (κ1) is 18.8. The summed E-state index contributed by atoms with van der Waals surface area (Å²) in [7, 11) is 0. The largest absolute Gasteiger partial charge is 0.490 e. The van der Waals surface area contributed by atoms with Gasteiger partial charge in [-0.3, -0.25) is 0 Å².